The van der Waals surface area contributed by atoms with Gasteiger partial charge in [-0.15, -0.1) is 0 Å². The largest absolute Gasteiger partial charge is 0.489 e. The van der Waals surface area contributed by atoms with E-state index in [4.69, 9.17) is 4.74 Å². The molecule has 1 aromatic carbocycles. The van der Waals surface area contributed by atoms with E-state index in [2.05, 4.69) is 21.7 Å². The second-order valence-electron chi connectivity index (χ2n) is 8.51. The molecule has 1 saturated heterocycles. The number of benzene rings is 1. The Morgan fingerprint density at radius 2 is 2.03 bits per heavy atom. The van der Waals surface area contributed by atoms with Crippen LogP contribution in [0.25, 0.3) is 5.70 Å². The number of nitrogens with one attached hydrogen (secondary N) is 2. The fourth-order valence-electron chi connectivity index (χ4n) is 3.78. The molecule has 1 unspecified atom stereocenters. The number of hydrogen-bond acceptors (Lipinski definition) is 4. The van der Waals surface area contributed by atoms with Gasteiger partial charge in [-0.3, -0.25) is 4.99 Å². The molecule has 0 radical (unpaired) electrons. The molecule has 2 N–H and O–H groups in total. The fourth-order valence-corrected chi connectivity index (χ4v) is 3.78. The van der Waals surface area contributed by atoms with Gasteiger partial charge in [0, 0.05) is 5.70 Å². The summed E-state index contributed by atoms with van der Waals surface area (Å²) in [5, 5.41) is 6.59. The summed E-state index contributed by atoms with van der Waals surface area (Å²) in [5.74, 6) is 0.639. The maximum Gasteiger partial charge on any atom is 0.419 e. The van der Waals surface area contributed by atoms with Gasteiger partial charge in [-0.2, -0.15) is 13.2 Å². The summed E-state index contributed by atoms with van der Waals surface area (Å²) in [4.78, 5) is 4.47. The highest BCUT2D eigenvalue weighted by Gasteiger charge is 2.35. The van der Waals surface area contributed by atoms with Crippen LogP contribution in [0, 0.1) is 0 Å². The Bertz CT molecular complexity index is 919. The number of nitrogens with zero attached hydrogens (tertiary/aromatic N) is 1. The molecule has 2 aliphatic rings. The minimum Gasteiger partial charge on any atom is -0.489 e. The van der Waals surface area contributed by atoms with Gasteiger partial charge in [-0.1, -0.05) is 17.2 Å². The van der Waals surface area contributed by atoms with E-state index in [0.29, 0.717) is 17.8 Å². The second-order valence-corrected chi connectivity index (χ2v) is 8.51. The summed E-state index contributed by atoms with van der Waals surface area (Å²) in [7, 11) is 0. The lowest BCUT2D eigenvalue weighted by Crippen LogP contribution is -2.41. The highest BCUT2D eigenvalue weighted by Crippen LogP contribution is 2.38. The van der Waals surface area contributed by atoms with Gasteiger partial charge in [0.05, 0.1) is 18.2 Å². The summed E-state index contributed by atoms with van der Waals surface area (Å²) in [6.45, 7) is 7.54. The first-order chi connectivity index (χ1) is 15.2. The van der Waals surface area contributed by atoms with Crippen molar-refractivity contribution in [1.82, 2.24) is 10.6 Å². The minimum absolute atomic E-state index is 0.105. The lowest BCUT2D eigenvalue weighted by atomic mass is 10.0. The zero-order valence-electron chi connectivity index (χ0n) is 19.0. The molecule has 2 aliphatic heterocycles. The molecule has 1 aromatic rings. The van der Waals surface area contributed by atoms with Crippen LogP contribution in [0.5, 0.6) is 5.75 Å². The van der Waals surface area contributed by atoms with Gasteiger partial charge in [0.25, 0.3) is 0 Å². The molecule has 7 heteroatoms. The molecule has 0 amide bonds. The lowest BCUT2D eigenvalue weighted by molar-refractivity contribution is -0.138. The Morgan fingerprint density at radius 1 is 1.22 bits per heavy atom. The fraction of sp³-hybridized carbons (Fsp3) is 0.480. The normalized spacial score (nSPS) is 19.2. The predicted molar refractivity (Wildman–Crippen MR) is 124 cm³/mol. The number of halogens is 3. The Hall–Kier alpha value is -2.54. The molecule has 0 saturated carbocycles. The molecule has 0 aliphatic carbocycles. The van der Waals surface area contributed by atoms with Crippen molar-refractivity contribution in [2.24, 2.45) is 4.99 Å². The molecule has 3 rings (SSSR count). The standard InChI is InChI=1S/C25H32F3N3O/c1-17(2)6-4-7-18(3)12-15-32-23-10-9-19(16-20(23)25(26,27)28)21-11-14-30-24(31-21)22-8-5-13-29-22/h6,9-12,16,22,29H,4-5,7-8,13-15H2,1-3H3,(H,30,31)/b18-12+. The van der Waals surface area contributed by atoms with Gasteiger partial charge >= 0.3 is 6.18 Å². The van der Waals surface area contributed by atoms with Crippen LogP contribution in [0.1, 0.15) is 57.6 Å². The van der Waals surface area contributed by atoms with E-state index in [-0.39, 0.29) is 18.4 Å². The predicted octanol–water partition coefficient (Wildman–Crippen LogP) is 5.87. The third-order valence-corrected chi connectivity index (χ3v) is 5.57. The molecule has 4 nitrogen and oxygen atoms in total. The maximum absolute atomic E-state index is 13.8. The monoisotopic (exact) mass is 447 g/mol. The van der Waals surface area contributed by atoms with Gasteiger partial charge < -0.3 is 15.4 Å². The maximum atomic E-state index is 13.8. The van der Waals surface area contributed by atoms with Crippen LogP contribution < -0.4 is 15.4 Å². The summed E-state index contributed by atoms with van der Waals surface area (Å²) < 4.78 is 46.8. The van der Waals surface area contributed by atoms with Crippen molar-refractivity contribution in [3.05, 3.63) is 58.7 Å². The number of rotatable bonds is 8. The van der Waals surface area contributed by atoms with Gasteiger partial charge in [0.2, 0.25) is 0 Å². The van der Waals surface area contributed by atoms with Crippen LogP contribution in [0.3, 0.4) is 0 Å². The van der Waals surface area contributed by atoms with Gasteiger partial charge in [-0.25, -0.2) is 0 Å². The highest BCUT2D eigenvalue weighted by molar-refractivity contribution is 5.96. The van der Waals surface area contributed by atoms with Crippen LogP contribution in [0.2, 0.25) is 0 Å². The zero-order valence-corrected chi connectivity index (χ0v) is 19.0. The van der Waals surface area contributed by atoms with Crippen molar-refractivity contribution < 1.29 is 17.9 Å². The van der Waals surface area contributed by atoms with Crippen molar-refractivity contribution in [3.8, 4) is 5.75 Å². The first kappa shape index (κ1) is 24.1. The third-order valence-electron chi connectivity index (χ3n) is 5.57. The van der Waals surface area contributed by atoms with Crippen molar-refractivity contribution in [1.29, 1.82) is 0 Å². The Labute approximate surface area is 188 Å². The average Bonchev–Trinajstić information content (AvgIpc) is 3.28. The first-order valence-corrected chi connectivity index (χ1v) is 11.1. The van der Waals surface area contributed by atoms with Crippen molar-refractivity contribution in [2.75, 3.05) is 19.7 Å². The topological polar surface area (TPSA) is 45.6 Å². The van der Waals surface area contributed by atoms with Crippen LogP contribution in [-0.2, 0) is 6.18 Å². The van der Waals surface area contributed by atoms with Gasteiger partial charge in [0.15, 0.2) is 0 Å². The molecular formula is C25H32F3N3O. The van der Waals surface area contributed by atoms with E-state index in [9.17, 15) is 13.2 Å². The SMILES string of the molecule is CC(C)=CCC/C(C)=C/COc1ccc(C2=CCN=C(C3CCCN3)N2)cc1C(F)(F)F. The number of ether oxygens (including phenoxy) is 1. The molecular weight excluding hydrogens is 415 g/mol. The Balaban J connectivity index is 1.70. The molecule has 1 fully saturated rings. The smallest absolute Gasteiger partial charge is 0.419 e. The Morgan fingerprint density at radius 3 is 2.72 bits per heavy atom. The van der Waals surface area contributed by atoms with E-state index < -0.39 is 11.7 Å². The molecule has 0 bridgehead atoms. The zero-order chi connectivity index (χ0) is 23.1. The van der Waals surface area contributed by atoms with Crippen LogP contribution in [-0.4, -0.2) is 31.6 Å². The minimum atomic E-state index is -4.51. The van der Waals surface area contributed by atoms with Crippen molar-refractivity contribution >= 4 is 11.5 Å². The summed E-state index contributed by atoms with van der Waals surface area (Å²) in [6, 6.07) is 4.37. The first-order valence-electron chi connectivity index (χ1n) is 11.1. The number of alkyl halides is 3. The molecule has 0 aromatic heterocycles. The molecule has 32 heavy (non-hydrogen) atoms. The molecule has 2 heterocycles. The average molecular weight is 448 g/mol. The van der Waals surface area contributed by atoms with Gasteiger partial charge in [-0.05, 0) is 88.9 Å². The van der Waals surface area contributed by atoms with Crippen LogP contribution in [0.4, 0.5) is 13.2 Å². The number of aliphatic imine (C=N–C) groups is 1. The van der Waals surface area contributed by atoms with Crippen molar-refractivity contribution in [3.63, 3.8) is 0 Å². The third kappa shape index (κ3) is 6.73. The van der Waals surface area contributed by atoms with E-state index in [0.717, 1.165) is 49.7 Å². The lowest BCUT2D eigenvalue weighted by Gasteiger charge is -2.23. The van der Waals surface area contributed by atoms with E-state index in [1.165, 1.54) is 11.6 Å². The Kier molecular flexibility index (Phi) is 8.18. The summed E-state index contributed by atoms with van der Waals surface area (Å²) in [6.07, 6.45) is 5.11. The number of hydrogen-bond donors (Lipinski definition) is 2. The highest BCUT2D eigenvalue weighted by atomic mass is 19.4. The molecule has 1 atom stereocenters. The quantitative estimate of drug-likeness (QED) is 0.490. The van der Waals surface area contributed by atoms with E-state index in [1.807, 2.05) is 32.9 Å². The summed E-state index contributed by atoms with van der Waals surface area (Å²) in [5.41, 5.74) is 2.71. The van der Waals surface area contributed by atoms with Crippen LogP contribution in [0.15, 0.2) is 52.6 Å². The van der Waals surface area contributed by atoms with E-state index >= 15 is 0 Å². The summed E-state index contributed by atoms with van der Waals surface area (Å²) >= 11 is 0. The number of amidine groups is 1. The second kappa shape index (κ2) is 10.9. The molecule has 0 spiro atoms. The van der Waals surface area contributed by atoms with Gasteiger partial charge in [0.1, 0.15) is 18.2 Å². The number of allylic oxidation sites excluding steroid dienone is 3. The van der Waals surface area contributed by atoms with Crippen molar-refractivity contribution in [2.45, 2.75) is 58.7 Å². The molecule has 174 valence electrons. The van der Waals surface area contributed by atoms with E-state index in [1.54, 1.807) is 6.07 Å². The van der Waals surface area contributed by atoms with Crippen LogP contribution >= 0.6 is 0 Å².